The molecule has 2 aromatic carbocycles. The van der Waals surface area contributed by atoms with E-state index in [9.17, 15) is 14.7 Å². The highest BCUT2D eigenvalue weighted by Crippen LogP contribution is 2.29. The van der Waals surface area contributed by atoms with Crippen LogP contribution in [-0.4, -0.2) is 5.97 Å². The molecule has 3 rings (SSSR count). The van der Waals surface area contributed by atoms with Gasteiger partial charge in [-0.15, -0.1) is 0 Å². The highest BCUT2D eigenvalue weighted by atomic mass is 16.4. The molecular formula is C19H15O4-. The Morgan fingerprint density at radius 1 is 1.13 bits per heavy atom. The maximum Gasteiger partial charge on any atom is 0.196 e. The molecule has 0 amide bonds. The molecule has 0 atom stereocenters. The molecule has 1 heterocycles. The van der Waals surface area contributed by atoms with Crippen LogP contribution in [0.4, 0.5) is 0 Å². The SMILES string of the molecule is CCc1ccccc1-c1oc2c(C(=O)[O-])cccc2c(=O)c1C. The Morgan fingerprint density at radius 3 is 2.57 bits per heavy atom. The van der Waals surface area contributed by atoms with Gasteiger partial charge in [0.25, 0.3) is 0 Å². The summed E-state index contributed by atoms with van der Waals surface area (Å²) in [7, 11) is 0. The molecule has 0 bridgehead atoms. The molecule has 0 aliphatic carbocycles. The fourth-order valence-electron chi connectivity index (χ4n) is 2.78. The van der Waals surface area contributed by atoms with Crippen molar-refractivity contribution in [3.63, 3.8) is 0 Å². The predicted molar refractivity (Wildman–Crippen MR) is 86.4 cm³/mol. The first-order valence-electron chi connectivity index (χ1n) is 7.40. The Hall–Kier alpha value is -2.88. The van der Waals surface area contributed by atoms with Crippen LogP contribution in [0.1, 0.15) is 28.4 Å². The maximum atomic E-state index is 12.6. The maximum absolute atomic E-state index is 12.6. The van der Waals surface area contributed by atoms with Gasteiger partial charge in [0.05, 0.1) is 11.4 Å². The number of aromatic carboxylic acids is 1. The lowest BCUT2D eigenvalue weighted by Crippen LogP contribution is -2.23. The number of fused-ring (bicyclic) bond motifs is 1. The number of para-hydroxylation sites is 1. The van der Waals surface area contributed by atoms with Crippen LogP contribution in [0.3, 0.4) is 0 Å². The second-order valence-electron chi connectivity index (χ2n) is 5.37. The fourth-order valence-corrected chi connectivity index (χ4v) is 2.78. The molecule has 0 N–H and O–H groups in total. The number of carboxylic acids is 1. The van der Waals surface area contributed by atoms with E-state index in [4.69, 9.17) is 4.42 Å². The molecule has 0 fully saturated rings. The van der Waals surface area contributed by atoms with Crippen molar-refractivity contribution in [1.82, 2.24) is 0 Å². The van der Waals surface area contributed by atoms with Crippen molar-refractivity contribution in [2.45, 2.75) is 20.3 Å². The highest BCUT2D eigenvalue weighted by Gasteiger charge is 2.16. The van der Waals surface area contributed by atoms with Crippen molar-refractivity contribution in [2.75, 3.05) is 0 Å². The minimum absolute atomic E-state index is 0.0593. The van der Waals surface area contributed by atoms with Crippen LogP contribution in [0.25, 0.3) is 22.3 Å². The molecular weight excluding hydrogens is 292 g/mol. The van der Waals surface area contributed by atoms with Gasteiger partial charge in [0.2, 0.25) is 0 Å². The summed E-state index contributed by atoms with van der Waals surface area (Å²) >= 11 is 0. The Kier molecular flexibility index (Phi) is 3.74. The normalized spacial score (nSPS) is 10.9. The second kappa shape index (κ2) is 5.72. The predicted octanol–water partition coefficient (Wildman–Crippen LogP) is 2.69. The first-order chi connectivity index (χ1) is 11.0. The summed E-state index contributed by atoms with van der Waals surface area (Å²) in [5.41, 5.74) is 2.02. The van der Waals surface area contributed by atoms with Crippen LogP contribution < -0.4 is 10.5 Å². The quantitative estimate of drug-likeness (QED) is 0.746. The molecule has 0 radical (unpaired) electrons. The summed E-state index contributed by atoms with van der Waals surface area (Å²) < 4.78 is 5.87. The van der Waals surface area contributed by atoms with Crippen molar-refractivity contribution in [2.24, 2.45) is 0 Å². The van der Waals surface area contributed by atoms with Crippen molar-refractivity contribution in [3.8, 4) is 11.3 Å². The summed E-state index contributed by atoms with van der Waals surface area (Å²) in [6, 6.07) is 12.1. The van der Waals surface area contributed by atoms with Crippen LogP contribution in [0.2, 0.25) is 0 Å². The van der Waals surface area contributed by atoms with E-state index in [2.05, 4.69) is 0 Å². The van der Waals surface area contributed by atoms with E-state index < -0.39 is 5.97 Å². The van der Waals surface area contributed by atoms with Gasteiger partial charge in [0.15, 0.2) is 5.43 Å². The van der Waals surface area contributed by atoms with Gasteiger partial charge in [-0.2, -0.15) is 0 Å². The van der Waals surface area contributed by atoms with E-state index in [1.165, 1.54) is 12.1 Å². The summed E-state index contributed by atoms with van der Waals surface area (Å²) in [5.74, 6) is -0.953. The fraction of sp³-hybridized carbons (Fsp3) is 0.158. The topological polar surface area (TPSA) is 70.3 Å². The largest absolute Gasteiger partial charge is 0.545 e. The van der Waals surface area contributed by atoms with Gasteiger partial charge in [-0.05, 0) is 31.0 Å². The van der Waals surface area contributed by atoms with Gasteiger partial charge in [-0.25, -0.2) is 0 Å². The summed E-state index contributed by atoms with van der Waals surface area (Å²) in [5, 5.41) is 11.6. The first kappa shape index (κ1) is 15.0. The standard InChI is InChI=1S/C19H16O4/c1-3-12-7-4-5-8-13(12)17-11(2)16(20)14-9-6-10-15(19(21)22)18(14)23-17/h4-10H,3H2,1-2H3,(H,21,22)/p-1. The number of hydrogen-bond acceptors (Lipinski definition) is 4. The van der Waals surface area contributed by atoms with Gasteiger partial charge < -0.3 is 14.3 Å². The van der Waals surface area contributed by atoms with Crippen molar-refractivity contribution < 1.29 is 14.3 Å². The monoisotopic (exact) mass is 307 g/mol. The Morgan fingerprint density at radius 2 is 1.87 bits per heavy atom. The average Bonchev–Trinajstić information content (AvgIpc) is 2.57. The zero-order chi connectivity index (χ0) is 16.6. The average molecular weight is 307 g/mol. The Balaban J connectivity index is 2.43. The molecule has 1 aromatic heterocycles. The molecule has 3 aromatic rings. The second-order valence-corrected chi connectivity index (χ2v) is 5.37. The lowest BCUT2D eigenvalue weighted by molar-refractivity contribution is -0.254. The minimum atomic E-state index is -1.36. The van der Waals surface area contributed by atoms with E-state index in [-0.39, 0.29) is 22.0 Å². The highest BCUT2D eigenvalue weighted by molar-refractivity contribution is 6.00. The van der Waals surface area contributed by atoms with Crippen LogP contribution in [0.5, 0.6) is 0 Å². The van der Waals surface area contributed by atoms with Gasteiger partial charge in [0.1, 0.15) is 11.3 Å². The number of aryl methyl sites for hydroxylation is 1. The van der Waals surface area contributed by atoms with Gasteiger partial charge in [-0.1, -0.05) is 37.3 Å². The van der Waals surface area contributed by atoms with Crippen LogP contribution in [0.15, 0.2) is 51.7 Å². The molecule has 0 aliphatic rings. The number of carbonyl (C=O) groups is 1. The van der Waals surface area contributed by atoms with E-state index in [1.807, 2.05) is 31.2 Å². The Labute approximate surface area is 133 Å². The summed E-state index contributed by atoms with van der Waals surface area (Å²) in [6.07, 6.45) is 0.777. The molecule has 0 aliphatic heterocycles. The van der Waals surface area contributed by atoms with Crippen molar-refractivity contribution >= 4 is 16.9 Å². The third-order valence-electron chi connectivity index (χ3n) is 4.01. The van der Waals surface area contributed by atoms with Crippen LogP contribution in [-0.2, 0) is 6.42 Å². The molecule has 0 saturated carbocycles. The van der Waals surface area contributed by atoms with E-state index >= 15 is 0 Å². The smallest absolute Gasteiger partial charge is 0.196 e. The number of benzene rings is 2. The van der Waals surface area contributed by atoms with Gasteiger partial charge >= 0.3 is 0 Å². The number of carboxylic acid groups (broad SMARTS) is 1. The van der Waals surface area contributed by atoms with Gasteiger partial charge in [0, 0.05) is 16.7 Å². The van der Waals surface area contributed by atoms with Crippen LogP contribution >= 0.6 is 0 Å². The lowest BCUT2D eigenvalue weighted by Gasteiger charge is -2.13. The van der Waals surface area contributed by atoms with E-state index in [1.54, 1.807) is 13.0 Å². The number of hydrogen-bond donors (Lipinski definition) is 0. The summed E-state index contributed by atoms with van der Waals surface area (Å²) in [4.78, 5) is 23.9. The zero-order valence-electron chi connectivity index (χ0n) is 12.9. The third-order valence-corrected chi connectivity index (χ3v) is 4.01. The van der Waals surface area contributed by atoms with E-state index in [0.29, 0.717) is 11.3 Å². The molecule has 0 spiro atoms. The molecule has 0 unspecified atom stereocenters. The van der Waals surface area contributed by atoms with E-state index in [0.717, 1.165) is 17.5 Å². The van der Waals surface area contributed by atoms with Crippen molar-refractivity contribution in [3.05, 3.63) is 69.4 Å². The number of rotatable bonds is 3. The molecule has 0 saturated heterocycles. The third kappa shape index (κ3) is 2.42. The molecule has 4 heteroatoms. The minimum Gasteiger partial charge on any atom is -0.545 e. The Bertz CT molecular complexity index is 967. The summed E-state index contributed by atoms with van der Waals surface area (Å²) in [6.45, 7) is 3.71. The van der Waals surface area contributed by atoms with Crippen LogP contribution in [0, 0.1) is 6.92 Å². The molecule has 23 heavy (non-hydrogen) atoms. The number of carbonyl (C=O) groups excluding carboxylic acids is 1. The lowest BCUT2D eigenvalue weighted by atomic mass is 9.99. The van der Waals surface area contributed by atoms with Gasteiger partial charge in [-0.3, -0.25) is 4.79 Å². The molecule has 4 nitrogen and oxygen atoms in total. The van der Waals surface area contributed by atoms with Crippen molar-refractivity contribution in [1.29, 1.82) is 0 Å². The first-order valence-corrected chi connectivity index (χ1v) is 7.40. The molecule has 116 valence electrons. The zero-order valence-corrected chi connectivity index (χ0v) is 12.9.